The van der Waals surface area contributed by atoms with Crippen LogP contribution >= 0.6 is 0 Å². The third-order valence-electron chi connectivity index (χ3n) is 3.26. The highest BCUT2D eigenvalue weighted by Crippen LogP contribution is 2.27. The number of carbonyl (C=O) groups is 1. The number of nitrogens with zero attached hydrogens (tertiary/aromatic N) is 1. The minimum Gasteiger partial charge on any atom is -0.478 e. The second-order valence-electron chi connectivity index (χ2n) is 4.49. The van der Waals surface area contributed by atoms with E-state index in [1.54, 1.807) is 30.5 Å². The van der Waals surface area contributed by atoms with E-state index in [-0.39, 0.29) is 5.56 Å². The second kappa shape index (κ2) is 4.72. The number of aryl methyl sites for hydroxylation is 1. The Hall–Kier alpha value is -2.36. The molecular formula is C15H13NO3. The summed E-state index contributed by atoms with van der Waals surface area (Å²) in [6.45, 7) is 0. The maximum Gasteiger partial charge on any atom is 0.337 e. The quantitative estimate of drug-likeness (QED) is 0.894. The lowest BCUT2D eigenvalue weighted by Crippen LogP contribution is -2.09. The first kappa shape index (κ1) is 11.7. The zero-order valence-electron chi connectivity index (χ0n) is 10.3. The molecule has 1 aliphatic rings. The van der Waals surface area contributed by atoms with E-state index >= 15 is 0 Å². The average molecular weight is 255 g/mol. The van der Waals surface area contributed by atoms with Crippen LogP contribution < -0.4 is 0 Å². The van der Waals surface area contributed by atoms with Gasteiger partial charge in [-0.15, -0.1) is 0 Å². The van der Waals surface area contributed by atoms with Crippen LogP contribution in [0.15, 0.2) is 46.0 Å². The lowest BCUT2D eigenvalue weighted by molar-refractivity contribution is 0.0698. The van der Waals surface area contributed by atoms with Gasteiger partial charge in [-0.3, -0.25) is 4.99 Å². The minimum atomic E-state index is -0.955. The van der Waals surface area contributed by atoms with E-state index in [0.717, 1.165) is 36.3 Å². The van der Waals surface area contributed by atoms with Gasteiger partial charge in [0.2, 0.25) is 0 Å². The normalized spacial score (nSPS) is 16.3. The minimum absolute atomic E-state index is 0.227. The maximum absolute atomic E-state index is 11.2. The highest BCUT2D eigenvalue weighted by Gasteiger charge is 2.19. The number of carboxylic acids is 1. The fourth-order valence-corrected chi connectivity index (χ4v) is 2.36. The van der Waals surface area contributed by atoms with E-state index in [9.17, 15) is 4.79 Å². The summed E-state index contributed by atoms with van der Waals surface area (Å²) in [5.74, 6) is -0.0130. The van der Waals surface area contributed by atoms with Crippen LogP contribution in [0.3, 0.4) is 0 Å². The molecule has 1 aliphatic carbocycles. The number of hydrogen-bond donors (Lipinski definition) is 1. The number of furan rings is 1. The number of fused-ring (bicyclic) bond motifs is 1. The summed E-state index contributed by atoms with van der Waals surface area (Å²) < 4.78 is 5.40. The summed E-state index contributed by atoms with van der Waals surface area (Å²) in [5, 5.41) is 9.16. The lowest BCUT2D eigenvalue weighted by atomic mass is 9.96. The average Bonchev–Trinajstić information content (AvgIpc) is 2.88. The van der Waals surface area contributed by atoms with Gasteiger partial charge >= 0.3 is 5.97 Å². The molecule has 0 atom stereocenters. The number of aromatic carboxylic acids is 1. The number of hydrogen-bond acceptors (Lipinski definition) is 3. The van der Waals surface area contributed by atoms with Crippen molar-refractivity contribution in [2.75, 3.05) is 0 Å². The third kappa shape index (κ3) is 2.17. The van der Waals surface area contributed by atoms with Crippen molar-refractivity contribution in [2.24, 2.45) is 4.99 Å². The molecule has 1 aromatic carbocycles. The maximum atomic E-state index is 11.2. The topological polar surface area (TPSA) is 62.8 Å². The van der Waals surface area contributed by atoms with Crippen LogP contribution in [0.1, 0.15) is 34.5 Å². The summed E-state index contributed by atoms with van der Waals surface area (Å²) >= 11 is 0. The molecule has 3 rings (SSSR count). The van der Waals surface area contributed by atoms with Crippen LogP contribution in [0.4, 0.5) is 5.69 Å². The summed E-state index contributed by atoms with van der Waals surface area (Å²) in [5.41, 5.74) is 2.64. The zero-order valence-corrected chi connectivity index (χ0v) is 10.3. The first-order chi connectivity index (χ1) is 9.25. The number of carboxylic acid groups (broad SMARTS) is 1. The highest BCUT2D eigenvalue weighted by atomic mass is 16.4. The zero-order chi connectivity index (χ0) is 13.2. The van der Waals surface area contributed by atoms with Crippen LogP contribution in [-0.2, 0) is 6.42 Å². The van der Waals surface area contributed by atoms with Crippen molar-refractivity contribution >= 4 is 17.4 Å². The molecule has 0 fully saturated rings. The van der Waals surface area contributed by atoms with Crippen LogP contribution in [0.2, 0.25) is 0 Å². The molecule has 0 radical (unpaired) electrons. The van der Waals surface area contributed by atoms with E-state index in [0.29, 0.717) is 5.69 Å². The van der Waals surface area contributed by atoms with Crippen molar-refractivity contribution in [3.05, 3.63) is 53.5 Å². The predicted octanol–water partition coefficient (Wildman–Crippen LogP) is 3.43. The van der Waals surface area contributed by atoms with Gasteiger partial charge in [-0.05, 0) is 31.0 Å². The molecule has 96 valence electrons. The Morgan fingerprint density at radius 2 is 2.05 bits per heavy atom. The van der Waals surface area contributed by atoms with Crippen LogP contribution in [0.25, 0.3) is 0 Å². The van der Waals surface area contributed by atoms with E-state index < -0.39 is 5.97 Å². The van der Waals surface area contributed by atoms with Crippen molar-refractivity contribution in [1.29, 1.82) is 0 Å². The molecule has 4 heteroatoms. The van der Waals surface area contributed by atoms with Crippen LogP contribution in [0, 0.1) is 0 Å². The molecule has 0 spiro atoms. The van der Waals surface area contributed by atoms with Gasteiger partial charge in [-0.25, -0.2) is 4.79 Å². The SMILES string of the molecule is O=C(O)c1ccccc1N=C1CCCc2occc21. The Kier molecular flexibility index (Phi) is 2.91. The summed E-state index contributed by atoms with van der Waals surface area (Å²) in [6, 6.07) is 8.70. The van der Waals surface area contributed by atoms with Gasteiger partial charge in [0.1, 0.15) is 5.76 Å². The molecule has 0 aliphatic heterocycles. The van der Waals surface area contributed by atoms with Crippen molar-refractivity contribution in [1.82, 2.24) is 0 Å². The first-order valence-corrected chi connectivity index (χ1v) is 6.22. The van der Waals surface area contributed by atoms with Crippen molar-refractivity contribution < 1.29 is 14.3 Å². The molecule has 1 N–H and O–H groups in total. The number of para-hydroxylation sites is 1. The Morgan fingerprint density at radius 3 is 2.89 bits per heavy atom. The van der Waals surface area contributed by atoms with Gasteiger partial charge in [0, 0.05) is 12.0 Å². The molecule has 1 heterocycles. The van der Waals surface area contributed by atoms with Gasteiger partial charge < -0.3 is 9.52 Å². The van der Waals surface area contributed by atoms with Crippen LogP contribution in [-0.4, -0.2) is 16.8 Å². The molecular weight excluding hydrogens is 242 g/mol. The molecule has 4 nitrogen and oxygen atoms in total. The van der Waals surface area contributed by atoms with Gasteiger partial charge in [0.15, 0.2) is 0 Å². The Labute approximate surface area is 110 Å². The summed E-state index contributed by atoms with van der Waals surface area (Å²) in [6.07, 6.45) is 4.41. The van der Waals surface area contributed by atoms with Gasteiger partial charge in [0.05, 0.1) is 23.2 Å². The van der Waals surface area contributed by atoms with Crippen LogP contribution in [0.5, 0.6) is 0 Å². The van der Waals surface area contributed by atoms with E-state index in [1.807, 2.05) is 6.07 Å². The van der Waals surface area contributed by atoms with Gasteiger partial charge in [-0.1, -0.05) is 12.1 Å². The molecule has 0 unspecified atom stereocenters. The number of rotatable bonds is 2. The monoisotopic (exact) mass is 255 g/mol. The summed E-state index contributed by atoms with van der Waals surface area (Å²) in [7, 11) is 0. The smallest absolute Gasteiger partial charge is 0.337 e. The molecule has 1 aromatic heterocycles. The summed E-state index contributed by atoms with van der Waals surface area (Å²) in [4.78, 5) is 15.7. The fourth-order valence-electron chi connectivity index (χ4n) is 2.36. The van der Waals surface area contributed by atoms with E-state index in [1.165, 1.54) is 0 Å². The Bertz CT molecular complexity index is 655. The molecule has 0 saturated heterocycles. The lowest BCUT2D eigenvalue weighted by Gasteiger charge is -2.13. The molecule has 19 heavy (non-hydrogen) atoms. The number of benzene rings is 1. The third-order valence-corrected chi connectivity index (χ3v) is 3.26. The molecule has 2 aromatic rings. The molecule has 0 amide bonds. The van der Waals surface area contributed by atoms with Gasteiger partial charge in [0.25, 0.3) is 0 Å². The number of aliphatic imine (C=N–C) groups is 1. The van der Waals surface area contributed by atoms with Gasteiger partial charge in [-0.2, -0.15) is 0 Å². The van der Waals surface area contributed by atoms with Crippen molar-refractivity contribution in [3.8, 4) is 0 Å². The predicted molar refractivity (Wildman–Crippen MR) is 71.2 cm³/mol. The highest BCUT2D eigenvalue weighted by molar-refractivity contribution is 6.05. The molecule has 0 saturated carbocycles. The van der Waals surface area contributed by atoms with Crippen molar-refractivity contribution in [2.45, 2.75) is 19.3 Å². The van der Waals surface area contributed by atoms with Crippen molar-refractivity contribution in [3.63, 3.8) is 0 Å². The first-order valence-electron chi connectivity index (χ1n) is 6.22. The largest absolute Gasteiger partial charge is 0.478 e. The standard InChI is InChI=1S/C15H13NO3/c17-15(18)11-4-1-2-5-13(11)16-12-6-3-7-14-10(12)8-9-19-14/h1-2,4-5,8-9H,3,6-7H2,(H,17,18). The van der Waals surface area contributed by atoms with E-state index in [4.69, 9.17) is 9.52 Å². The molecule has 0 bridgehead atoms. The Balaban J connectivity index is 2.07. The Morgan fingerprint density at radius 1 is 1.21 bits per heavy atom. The second-order valence-corrected chi connectivity index (χ2v) is 4.49. The fraction of sp³-hybridized carbons (Fsp3) is 0.200. The van der Waals surface area contributed by atoms with E-state index in [2.05, 4.69) is 4.99 Å².